The van der Waals surface area contributed by atoms with Crippen molar-refractivity contribution in [1.82, 2.24) is 14.8 Å². The maximum Gasteiger partial charge on any atom is 0.234 e. The lowest BCUT2D eigenvalue weighted by Gasteiger charge is -2.11. The largest absolute Gasteiger partial charge is 0.325 e. The molecule has 1 N–H and O–H groups in total. The average Bonchev–Trinajstić information content (AvgIpc) is 3.23. The molecule has 0 aliphatic heterocycles. The number of amides is 1. The van der Waals surface area contributed by atoms with Gasteiger partial charge in [-0.15, -0.1) is 22.0 Å². The van der Waals surface area contributed by atoms with Gasteiger partial charge in [-0.05, 0) is 55.3 Å². The van der Waals surface area contributed by atoms with Gasteiger partial charge in [-0.25, -0.2) is 0 Å². The SMILES string of the molecule is Cc1ccc(C)c(NC(=O)CSc2nnc(CSc3ccccc3)n2-c2ccccc2)c1. The lowest BCUT2D eigenvalue weighted by atomic mass is 10.1. The third kappa shape index (κ3) is 5.60. The Bertz CT molecular complexity index is 1190. The highest BCUT2D eigenvalue weighted by atomic mass is 32.2. The molecule has 162 valence electrons. The molecule has 0 bridgehead atoms. The molecule has 5 nitrogen and oxygen atoms in total. The Balaban J connectivity index is 1.49. The van der Waals surface area contributed by atoms with E-state index in [0.29, 0.717) is 10.9 Å². The van der Waals surface area contributed by atoms with Crippen LogP contribution in [0.1, 0.15) is 17.0 Å². The third-order valence-corrected chi connectivity index (χ3v) is 6.76. The molecule has 0 saturated carbocycles. The normalized spacial score (nSPS) is 10.8. The zero-order valence-corrected chi connectivity index (χ0v) is 19.6. The van der Waals surface area contributed by atoms with E-state index in [9.17, 15) is 4.79 Å². The van der Waals surface area contributed by atoms with Crippen molar-refractivity contribution in [2.75, 3.05) is 11.1 Å². The Kier molecular flexibility index (Phi) is 7.29. The van der Waals surface area contributed by atoms with Gasteiger partial charge in [0.2, 0.25) is 5.91 Å². The Labute approximate surface area is 196 Å². The Morgan fingerprint density at radius 1 is 0.906 bits per heavy atom. The average molecular weight is 461 g/mol. The molecule has 4 rings (SSSR count). The summed E-state index contributed by atoms with van der Waals surface area (Å²) in [7, 11) is 0. The van der Waals surface area contributed by atoms with Crippen molar-refractivity contribution in [3.63, 3.8) is 0 Å². The second-order valence-corrected chi connectivity index (χ2v) is 9.32. The summed E-state index contributed by atoms with van der Waals surface area (Å²) in [4.78, 5) is 13.8. The number of nitrogens with zero attached hydrogens (tertiary/aromatic N) is 3. The van der Waals surface area contributed by atoms with Crippen molar-refractivity contribution < 1.29 is 4.79 Å². The molecule has 7 heteroatoms. The molecule has 0 radical (unpaired) electrons. The van der Waals surface area contributed by atoms with E-state index < -0.39 is 0 Å². The van der Waals surface area contributed by atoms with Gasteiger partial charge in [0, 0.05) is 16.3 Å². The predicted molar refractivity (Wildman–Crippen MR) is 133 cm³/mol. The van der Waals surface area contributed by atoms with Gasteiger partial charge in [-0.3, -0.25) is 9.36 Å². The summed E-state index contributed by atoms with van der Waals surface area (Å²) in [6, 6.07) is 26.3. The second kappa shape index (κ2) is 10.5. The highest BCUT2D eigenvalue weighted by molar-refractivity contribution is 7.99. The number of thioether (sulfide) groups is 2. The summed E-state index contributed by atoms with van der Waals surface area (Å²) in [5, 5.41) is 12.6. The minimum Gasteiger partial charge on any atom is -0.325 e. The van der Waals surface area contributed by atoms with Gasteiger partial charge in [0.05, 0.1) is 11.5 Å². The number of carbonyl (C=O) groups excluding carboxylic acids is 1. The van der Waals surface area contributed by atoms with Crippen LogP contribution in [0.5, 0.6) is 0 Å². The third-order valence-electron chi connectivity index (χ3n) is 4.83. The fourth-order valence-corrected chi connectivity index (χ4v) is 4.78. The number of carbonyl (C=O) groups is 1. The number of hydrogen-bond donors (Lipinski definition) is 1. The van der Waals surface area contributed by atoms with Gasteiger partial charge in [0.1, 0.15) is 5.82 Å². The number of para-hydroxylation sites is 1. The van der Waals surface area contributed by atoms with Crippen molar-refractivity contribution in [2.24, 2.45) is 0 Å². The molecule has 0 unspecified atom stereocenters. The molecule has 1 amide bonds. The number of hydrogen-bond acceptors (Lipinski definition) is 5. The maximum absolute atomic E-state index is 12.6. The molecule has 32 heavy (non-hydrogen) atoms. The maximum atomic E-state index is 12.6. The van der Waals surface area contributed by atoms with Crippen LogP contribution < -0.4 is 5.32 Å². The zero-order chi connectivity index (χ0) is 22.3. The quantitative estimate of drug-likeness (QED) is 0.331. The molecule has 1 heterocycles. The number of aromatic nitrogens is 3. The van der Waals surface area contributed by atoms with Crippen molar-refractivity contribution >= 4 is 35.1 Å². The van der Waals surface area contributed by atoms with Crippen LogP contribution >= 0.6 is 23.5 Å². The summed E-state index contributed by atoms with van der Waals surface area (Å²) in [6.07, 6.45) is 0. The molecular formula is C25H24N4OS2. The van der Waals surface area contributed by atoms with E-state index in [1.807, 2.05) is 85.1 Å². The van der Waals surface area contributed by atoms with E-state index in [4.69, 9.17) is 0 Å². The number of nitrogens with one attached hydrogen (secondary N) is 1. The molecule has 0 aliphatic rings. The second-order valence-electron chi connectivity index (χ2n) is 7.33. The summed E-state index contributed by atoms with van der Waals surface area (Å²) in [5.74, 6) is 1.72. The highest BCUT2D eigenvalue weighted by Gasteiger charge is 2.16. The van der Waals surface area contributed by atoms with Gasteiger partial charge in [0.25, 0.3) is 0 Å². The van der Waals surface area contributed by atoms with Crippen molar-refractivity contribution in [3.8, 4) is 5.69 Å². The first-order valence-electron chi connectivity index (χ1n) is 10.3. The Morgan fingerprint density at radius 2 is 1.62 bits per heavy atom. The number of aryl methyl sites for hydroxylation is 2. The van der Waals surface area contributed by atoms with E-state index in [2.05, 4.69) is 27.6 Å². The van der Waals surface area contributed by atoms with E-state index in [0.717, 1.165) is 28.3 Å². The monoisotopic (exact) mass is 460 g/mol. The lowest BCUT2D eigenvalue weighted by molar-refractivity contribution is -0.113. The van der Waals surface area contributed by atoms with Gasteiger partial charge >= 0.3 is 0 Å². The van der Waals surface area contributed by atoms with Crippen molar-refractivity contribution in [3.05, 3.63) is 95.8 Å². The first-order chi connectivity index (χ1) is 15.6. The van der Waals surface area contributed by atoms with Crippen LogP contribution in [0, 0.1) is 13.8 Å². The topological polar surface area (TPSA) is 59.8 Å². The molecule has 4 aromatic rings. The van der Waals surface area contributed by atoms with Gasteiger partial charge in [-0.2, -0.15) is 0 Å². The van der Waals surface area contributed by atoms with E-state index in [1.54, 1.807) is 11.8 Å². The fraction of sp³-hybridized carbons (Fsp3) is 0.160. The number of anilines is 1. The summed E-state index contributed by atoms with van der Waals surface area (Å²) in [5.41, 5.74) is 3.99. The standard InChI is InChI=1S/C25H24N4OS2/c1-18-13-14-19(2)22(15-18)26-24(30)17-32-25-28-27-23(16-31-21-11-7-4-8-12-21)29(25)20-9-5-3-6-10-20/h3-15H,16-17H2,1-2H3,(H,26,30). The lowest BCUT2D eigenvalue weighted by Crippen LogP contribution is -2.15. The molecule has 0 saturated heterocycles. The van der Waals surface area contributed by atoms with E-state index >= 15 is 0 Å². The molecule has 0 spiro atoms. The number of rotatable bonds is 8. The summed E-state index contributed by atoms with van der Waals surface area (Å²) >= 11 is 3.10. The van der Waals surface area contributed by atoms with Crippen LogP contribution in [0.3, 0.4) is 0 Å². The predicted octanol–water partition coefficient (Wildman–Crippen LogP) is 5.91. The van der Waals surface area contributed by atoms with Crippen LogP contribution in [0.2, 0.25) is 0 Å². The Hall–Kier alpha value is -3.03. The molecule has 3 aromatic carbocycles. The van der Waals surface area contributed by atoms with Gasteiger partial charge < -0.3 is 5.32 Å². The summed E-state index contributed by atoms with van der Waals surface area (Å²) < 4.78 is 2.03. The molecule has 0 fully saturated rings. The summed E-state index contributed by atoms with van der Waals surface area (Å²) in [6.45, 7) is 4.01. The van der Waals surface area contributed by atoms with Crippen LogP contribution in [-0.4, -0.2) is 26.4 Å². The highest BCUT2D eigenvalue weighted by Crippen LogP contribution is 2.27. The van der Waals surface area contributed by atoms with Crippen molar-refractivity contribution in [2.45, 2.75) is 29.7 Å². The molecule has 0 atom stereocenters. The zero-order valence-electron chi connectivity index (χ0n) is 18.0. The Morgan fingerprint density at radius 3 is 2.38 bits per heavy atom. The van der Waals surface area contributed by atoms with Crippen LogP contribution in [-0.2, 0) is 10.5 Å². The van der Waals surface area contributed by atoms with Gasteiger partial charge in [0.15, 0.2) is 5.16 Å². The smallest absolute Gasteiger partial charge is 0.234 e. The van der Waals surface area contributed by atoms with Crippen LogP contribution in [0.4, 0.5) is 5.69 Å². The number of benzene rings is 3. The molecular weight excluding hydrogens is 436 g/mol. The van der Waals surface area contributed by atoms with Crippen molar-refractivity contribution in [1.29, 1.82) is 0 Å². The minimum absolute atomic E-state index is 0.0634. The molecule has 0 aliphatic carbocycles. The van der Waals surface area contributed by atoms with Crippen LogP contribution in [0.15, 0.2) is 88.9 Å². The van der Waals surface area contributed by atoms with Crippen LogP contribution in [0.25, 0.3) is 5.69 Å². The first kappa shape index (κ1) is 22.2. The first-order valence-corrected chi connectivity index (χ1v) is 12.2. The molecule has 1 aromatic heterocycles. The van der Waals surface area contributed by atoms with Gasteiger partial charge in [-0.1, -0.05) is 60.3 Å². The minimum atomic E-state index is -0.0634. The fourth-order valence-electron chi connectivity index (χ4n) is 3.18. The van der Waals surface area contributed by atoms with E-state index in [-0.39, 0.29) is 11.7 Å². The van der Waals surface area contributed by atoms with E-state index in [1.165, 1.54) is 16.7 Å².